The fourth-order valence-corrected chi connectivity index (χ4v) is 6.08. The molecule has 0 unspecified atom stereocenters. The molecular formula is C38H37N7O3. The molecule has 1 amide bonds. The average Bonchev–Trinajstić information content (AvgIpc) is 3.60. The molecule has 10 heteroatoms. The summed E-state index contributed by atoms with van der Waals surface area (Å²) in [5, 5.41) is 12.0. The number of aromatic amines is 1. The topological polar surface area (TPSA) is 108 Å². The largest absolute Gasteiger partial charge is 0.491 e. The Hall–Kier alpha value is -5.58. The van der Waals surface area contributed by atoms with Crippen molar-refractivity contribution in [3.63, 3.8) is 0 Å². The Morgan fingerprint density at radius 2 is 1.85 bits per heavy atom. The van der Waals surface area contributed by atoms with Gasteiger partial charge in [0, 0.05) is 42.2 Å². The highest BCUT2D eigenvalue weighted by Crippen LogP contribution is 2.42. The van der Waals surface area contributed by atoms with E-state index in [4.69, 9.17) is 14.5 Å². The van der Waals surface area contributed by atoms with E-state index in [0.717, 1.165) is 78.9 Å². The molecule has 0 radical (unpaired) electrons. The molecule has 48 heavy (non-hydrogen) atoms. The van der Waals surface area contributed by atoms with Gasteiger partial charge in [-0.05, 0) is 60.4 Å². The van der Waals surface area contributed by atoms with Crippen molar-refractivity contribution < 1.29 is 14.3 Å². The molecule has 10 nitrogen and oxygen atoms in total. The summed E-state index contributed by atoms with van der Waals surface area (Å²) in [6.45, 7) is 8.43. The molecule has 3 heterocycles. The number of para-hydroxylation sites is 1. The summed E-state index contributed by atoms with van der Waals surface area (Å²) >= 11 is 0. The number of nitrogens with one attached hydrogen (secondary N) is 2. The number of rotatable bonds is 12. The first kappa shape index (κ1) is 31.0. The Morgan fingerprint density at radius 3 is 2.71 bits per heavy atom. The minimum atomic E-state index is -0.332. The fraction of sp³-hybridized carbons (Fsp3) is 0.211. The average molecular weight is 640 g/mol. The molecule has 1 saturated heterocycles. The zero-order valence-corrected chi connectivity index (χ0v) is 26.6. The van der Waals surface area contributed by atoms with Crippen molar-refractivity contribution >= 4 is 50.6 Å². The van der Waals surface area contributed by atoms with Gasteiger partial charge < -0.3 is 14.8 Å². The smallest absolute Gasteiger partial charge is 0.247 e. The van der Waals surface area contributed by atoms with Crippen LogP contribution in [-0.4, -0.2) is 70.4 Å². The molecule has 4 aromatic carbocycles. The number of nitrogens with zero attached hydrogens (tertiary/aromatic N) is 5. The highest BCUT2D eigenvalue weighted by molar-refractivity contribution is 6.04. The molecule has 2 N–H and O–H groups in total. The van der Waals surface area contributed by atoms with Crippen molar-refractivity contribution in [3.8, 4) is 5.75 Å². The van der Waals surface area contributed by atoms with Gasteiger partial charge in [0.25, 0.3) is 0 Å². The van der Waals surface area contributed by atoms with Crippen LogP contribution in [0.1, 0.15) is 17.5 Å². The molecule has 0 atom stereocenters. The van der Waals surface area contributed by atoms with Crippen molar-refractivity contribution in [2.45, 2.75) is 12.8 Å². The summed E-state index contributed by atoms with van der Waals surface area (Å²) in [5.41, 5.74) is 6.37. The molecule has 2 aromatic heterocycles. The van der Waals surface area contributed by atoms with Crippen LogP contribution >= 0.6 is 0 Å². The Balaban J connectivity index is 1.31. The van der Waals surface area contributed by atoms with Crippen LogP contribution in [0.3, 0.4) is 0 Å². The van der Waals surface area contributed by atoms with Gasteiger partial charge in [-0.15, -0.1) is 0 Å². The highest BCUT2D eigenvalue weighted by Gasteiger charge is 2.22. The van der Waals surface area contributed by atoms with Crippen LogP contribution in [0.2, 0.25) is 0 Å². The number of fused-ring (bicyclic) bond motifs is 2. The van der Waals surface area contributed by atoms with Gasteiger partial charge in [0.2, 0.25) is 5.91 Å². The first-order valence-corrected chi connectivity index (χ1v) is 16.2. The van der Waals surface area contributed by atoms with Gasteiger partial charge in [-0.25, -0.2) is 9.97 Å². The molecule has 1 aliphatic rings. The highest BCUT2D eigenvalue weighted by atomic mass is 16.5. The van der Waals surface area contributed by atoms with Gasteiger partial charge in [0.1, 0.15) is 17.9 Å². The molecule has 242 valence electrons. The number of benzene rings is 4. The number of amides is 1. The van der Waals surface area contributed by atoms with Crippen LogP contribution in [0.15, 0.2) is 110 Å². The molecule has 0 spiro atoms. The van der Waals surface area contributed by atoms with Crippen molar-refractivity contribution in [1.29, 1.82) is 0 Å². The SMILES string of the molecule is C=CC(=O)Nc1cc2c(N(c3ccc4[nH]ncc4c3)c3ccccc3Cc3ccccc3)ncnc2cc1OCCCN1CCOCC1. The summed E-state index contributed by atoms with van der Waals surface area (Å²) in [6.07, 6.45) is 6.21. The number of ether oxygens (including phenoxy) is 2. The third-order valence-electron chi connectivity index (χ3n) is 8.50. The van der Waals surface area contributed by atoms with Crippen LogP contribution in [0.25, 0.3) is 21.8 Å². The normalized spacial score (nSPS) is 13.4. The number of H-pyrrole nitrogens is 1. The second kappa shape index (κ2) is 14.5. The van der Waals surface area contributed by atoms with Gasteiger partial charge in [0.05, 0.1) is 48.4 Å². The summed E-state index contributed by atoms with van der Waals surface area (Å²) in [6, 6.07) is 28.7. The Labute approximate surface area is 279 Å². The summed E-state index contributed by atoms with van der Waals surface area (Å²) in [7, 11) is 0. The van der Waals surface area contributed by atoms with E-state index in [-0.39, 0.29) is 5.91 Å². The van der Waals surface area contributed by atoms with Crippen LogP contribution in [0.5, 0.6) is 5.75 Å². The minimum Gasteiger partial charge on any atom is -0.491 e. The van der Waals surface area contributed by atoms with Crippen molar-refractivity contribution in [2.24, 2.45) is 0 Å². The Bertz CT molecular complexity index is 2040. The second-order valence-electron chi connectivity index (χ2n) is 11.7. The van der Waals surface area contributed by atoms with E-state index < -0.39 is 0 Å². The third-order valence-corrected chi connectivity index (χ3v) is 8.50. The maximum absolute atomic E-state index is 12.6. The van der Waals surface area contributed by atoms with Crippen LogP contribution in [0.4, 0.5) is 22.9 Å². The number of morpholine rings is 1. The fourth-order valence-electron chi connectivity index (χ4n) is 6.08. The second-order valence-corrected chi connectivity index (χ2v) is 11.7. The molecular weight excluding hydrogens is 602 g/mol. The van der Waals surface area contributed by atoms with E-state index in [1.165, 1.54) is 11.6 Å². The van der Waals surface area contributed by atoms with Crippen molar-refractivity contribution in [2.75, 3.05) is 49.7 Å². The van der Waals surface area contributed by atoms with E-state index in [1.807, 2.05) is 36.5 Å². The van der Waals surface area contributed by atoms with Crippen LogP contribution < -0.4 is 15.0 Å². The number of aromatic nitrogens is 4. The molecule has 6 aromatic rings. The monoisotopic (exact) mass is 639 g/mol. The molecule has 1 fully saturated rings. The quantitative estimate of drug-likeness (QED) is 0.111. The van der Waals surface area contributed by atoms with E-state index in [0.29, 0.717) is 29.4 Å². The summed E-state index contributed by atoms with van der Waals surface area (Å²) in [5.74, 6) is 0.873. The van der Waals surface area contributed by atoms with Crippen LogP contribution in [-0.2, 0) is 16.0 Å². The maximum atomic E-state index is 12.6. The number of anilines is 4. The first-order chi connectivity index (χ1) is 23.7. The predicted molar refractivity (Wildman–Crippen MR) is 189 cm³/mol. The van der Waals surface area contributed by atoms with Gasteiger partial charge in [-0.1, -0.05) is 55.1 Å². The van der Waals surface area contributed by atoms with Crippen molar-refractivity contribution in [3.05, 3.63) is 121 Å². The zero-order valence-electron chi connectivity index (χ0n) is 26.6. The Kier molecular flexibility index (Phi) is 9.35. The summed E-state index contributed by atoms with van der Waals surface area (Å²) < 4.78 is 11.8. The lowest BCUT2D eigenvalue weighted by molar-refractivity contribution is -0.111. The van der Waals surface area contributed by atoms with Crippen LogP contribution in [0, 0.1) is 0 Å². The zero-order chi connectivity index (χ0) is 32.7. The molecule has 0 aliphatic carbocycles. The predicted octanol–water partition coefficient (Wildman–Crippen LogP) is 6.79. The standard InChI is InChI=1S/C38H37N7O3/c1-2-37(46)42-34-23-31-33(24-36(34)48-18-8-15-44-16-19-47-20-17-44)39-26-40-38(31)45(30-13-14-32-29(22-30)25-41-43-32)35-12-7-6-11-28(35)21-27-9-4-3-5-10-27/h2-7,9-14,22-26H,1,8,15-21H2,(H,41,43)(H,42,46). The lowest BCUT2D eigenvalue weighted by atomic mass is 10.0. The van der Waals surface area contributed by atoms with Crippen molar-refractivity contribution in [1.82, 2.24) is 25.1 Å². The van der Waals surface area contributed by atoms with Gasteiger partial charge in [-0.3, -0.25) is 19.7 Å². The molecule has 0 saturated carbocycles. The van der Waals surface area contributed by atoms with E-state index in [1.54, 1.807) is 6.33 Å². The molecule has 0 bridgehead atoms. The van der Waals surface area contributed by atoms with E-state index >= 15 is 0 Å². The summed E-state index contributed by atoms with van der Waals surface area (Å²) in [4.78, 5) is 26.7. The maximum Gasteiger partial charge on any atom is 0.247 e. The number of hydrogen-bond donors (Lipinski definition) is 2. The van der Waals surface area contributed by atoms with Gasteiger partial charge >= 0.3 is 0 Å². The lowest BCUT2D eigenvalue weighted by Crippen LogP contribution is -2.37. The van der Waals surface area contributed by atoms with E-state index in [9.17, 15) is 4.79 Å². The lowest BCUT2D eigenvalue weighted by Gasteiger charge is -2.28. The molecule has 7 rings (SSSR count). The Morgan fingerprint density at radius 1 is 1.02 bits per heavy atom. The van der Waals surface area contributed by atoms with Gasteiger partial charge in [-0.2, -0.15) is 5.10 Å². The minimum absolute atomic E-state index is 0.332. The first-order valence-electron chi connectivity index (χ1n) is 16.2. The molecule has 1 aliphatic heterocycles. The van der Waals surface area contributed by atoms with Gasteiger partial charge in [0.15, 0.2) is 0 Å². The number of carbonyl (C=O) groups is 1. The number of carbonyl (C=O) groups excluding carboxylic acids is 1. The number of hydrogen-bond acceptors (Lipinski definition) is 8. The third kappa shape index (κ3) is 6.90. The van der Waals surface area contributed by atoms with E-state index in [2.05, 4.69) is 91.5 Å².